The molecule has 2 aromatic carbocycles. The molecule has 0 aromatic heterocycles. The Labute approximate surface area is 135 Å². The molecule has 0 bridgehead atoms. The Bertz CT molecular complexity index is 714. The third-order valence-corrected chi connectivity index (χ3v) is 3.86. The van der Waals surface area contributed by atoms with Crippen LogP contribution in [0.4, 0.5) is 0 Å². The maximum absolute atomic E-state index is 12.3. The van der Waals surface area contributed by atoms with Crippen molar-refractivity contribution in [3.63, 3.8) is 0 Å². The van der Waals surface area contributed by atoms with Crippen LogP contribution in [0.25, 0.3) is 0 Å². The van der Waals surface area contributed by atoms with E-state index in [1.54, 1.807) is 19.1 Å². The quantitative estimate of drug-likeness (QED) is 0.870. The number of ether oxygens (including phenoxy) is 3. The first-order valence-electron chi connectivity index (χ1n) is 7.40. The summed E-state index contributed by atoms with van der Waals surface area (Å²) in [5, 5.41) is 0. The highest BCUT2D eigenvalue weighted by Gasteiger charge is 2.21. The van der Waals surface area contributed by atoms with Crippen molar-refractivity contribution in [3.05, 3.63) is 53.6 Å². The molecule has 3 rings (SSSR count). The Kier molecular flexibility index (Phi) is 4.37. The van der Waals surface area contributed by atoms with Crippen LogP contribution >= 0.6 is 0 Å². The van der Waals surface area contributed by atoms with Crippen molar-refractivity contribution in [2.75, 3.05) is 20.8 Å². The van der Waals surface area contributed by atoms with Crippen molar-refractivity contribution in [1.29, 1.82) is 0 Å². The van der Waals surface area contributed by atoms with Gasteiger partial charge in [0.05, 0.1) is 14.2 Å². The lowest BCUT2D eigenvalue weighted by molar-refractivity contribution is -0.133. The lowest BCUT2D eigenvalue weighted by Crippen LogP contribution is -2.31. The minimum Gasteiger partial charge on any atom is -0.493 e. The number of fused-ring (bicyclic) bond motifs is 1. The Hall–Kier alpha value is -2.69. The summed E-state index contributed by atoms with van der Waals surface area (Å²) in [6.45, 7) is 1.09. The maximum Gasteiger partial charge on any atom is 0.261 e. The van der Waals surface area contributed by atoms with Gasteiger partial charge in [0.15, 0.2) is 18.1 Å². The van der Waals surface area contributed by atoms with Crippen LogP contribution in [-0.2, 0) is 17.9 Å². The van der Waals surface area contributed by atoms with E-state index in [0.29, 0.717) is 24.6 Å². The van der Waals surface area contributed by atoms with Crippen molar-refractivity contribution in [2.24, 2.45) is 0 Å². The molecule has 0 fully saturated rings. The Balaban J connectivity index is 1.83. The van der Waals surface area contributed by atoms with Gasteiger partial charge in [0.2, 0.25) is 0 Å². The smallest absolute Gasteiger partial charge is 0.261 e. The number of hydrogen-bond acceptors (Lipinski definition) is 4. The second kappa shape index (κ2) is 6.60. The molecular formula is C18H19NO4. The summed E-state index contributed by atoms with van der Waals surface area (Å²) >= 11 is 0. The van der Waals surface area contributed by atoms with Gasteiger partial charge in [-0.3, -0.25) is 4.79 Å². The van der Waals surface area contributed by atoms with E-state index in [-0.39, 0.29) is 12.5 Å². The average Bonchev–Trinajstić information content (AvgIpc) is 2.74. The lowest BCUT2D eigenvalue weighted by atomic mass is 10.1. The number of amides is 1. The summed E-state index contributed by atoms with van der Waals surface area (Å²) in [5.41, 5.74) is 1.99. The molecular weight excluding hydrogens is 294 g/mol. The molecule has 120 valence electrons. The van der Waals surface area contributed by atoms with Crippen LogP contribution < -0.4 is 14.2 Å². The first kappa shape index (κ1) is 15.2. The van der Waals surface area contributed by atoms with Gasteiger partial charge in [-0.15, -0.1) is 0 Å². The maximum atomic E-state index is 12.3. The molecule has 0 aliphatic carbocycles. The van der Waals surface area contributed by atoms with Gasteiger partial charge in [0, 0.05) is 18.7 Å². The summed E-state index contributed by atoms with van der Waals surface area (Å²) in [6.07, 6.45) is 0. The zero-order chi connectivity index (χ0) is 16.2. The second-order valence-corrected chi connectivity index (χ2v) is 5.34. The van der Waals surface area contributed by atoms with E-state index in [9.17, 15) is 4.79 Å². The lowest BCUT2D eigenvalue weighted by Gasteiger charge is -2.20. The van der Waals surface area contributed by atoms with Gasteiger partial charge in [-0.25, -0.2) is 0 Å². The number of para-hydroxylation sites is 1. The van der Waals surface area contributed by atoms with Gasteiger partial charge in [0.1, 0.15) is 5.75 Å². The summed E-state index contributed by atoms with van der Waals surface area (Å²) in [4.78, 5) is 14.1. The highest BCUT2D eigenvalue weighted by Crippen LogP contribution is 2.29. The van der Waals surface area contributed by atoms with E-state index < -0.39 is 0 Å². The average molecular weight is 313 g/mol. The minimum atomic E-state index is -0.0315. The zero-order valence-electron chi connectivity index (χ0n) is 13.2. The van der Waals surface area contributed by atoms with Crippen LogP contribution in [0.3, 0.4) is 0 Å². The fourth-order valence-electron chi connectivity index (χ4n) is 2.64. The van der Waals surface area contributed by atoms with Crippen molar-refractivity contribution in [3.8, 4) is 17.2 Å². The number of methoxy groups -OCH3 is 2. The number of hydrogen-bond donors (Lipinski definition) is 0. The van der Waals surface area contributed by atoms with Crippen LogP contribution in [0.2, 0.25) is 0 Å². The first-order chi connectivity index (χ1) is 11.2. The van der Waals surface area contributed by atoms with Gasteiger partial charge in [0.25, 0.3) is 5.91 Å². The van der Waals surface area contributed by atoms with Crippen molar-refractivity contribution < 1.29 is 19.0 Å². The van der Waals surface area contributed by atoms with E-state index in [4.69, 9.17) is 14.2 Å². The van der Waals surface area contributed by atoms with Crippen LogP contribution in [-0.4, -0.2) is 31.6 Å². The van der Waals surface area contributed by atoms with E-state index in [1.165, 1.54) is 0 Å². The molecule has 23 heavy (non-hydrogen) atoms. The predicted octanol–water partition coefficient (Wildman–Crippen LogP) is 2.63. The Morgan fingerprint density at radius 1 is 1.09 bits per heavy atom. The van der Waals surface area contributed by atoms with E-state index >= 15 is 0 Å². The van der Waals surface area contributed by atoms with Gasteiger partial charge in [-0.1, -0.05) is 24.3 Å². The molecule has 0 unspecified atom stereocenters. The Morgan fingerprint density at radius 2 is 1.87 bits per heavy atom. The molecule has 0 saturated heterocycles. The SMILES string of the molecule is COc1ccc(CN2Cc3ccccc3OCC2=O)cc1OC. The van der Waals surface area contributed by atoms with Crippen LogP contribution in [0.5, 0.6) is 17.2 Å². The molecule has 0 atom stereocenters. The van der Waals surface area contributed by atoms with Crippen LogP contribution in [0, 0.1) is 0 Å². The van der Waals surface area contributed by atoms with E-state index in [1.807, 2.05) is 42.5 Å². The highest BCUT2D eigenvalue weighted by atomic mass is 16.5. The number of rotatable bonds is 4. The van der Waals surface area contributed by atoms with E-state index in [2.05, 4.69) is 0 Å². The third kappa shape index (κ3) is 3.23. The second-order valence-electron chi connectivity index (χ2n) is 5.34. The molecule has 1 aliphatic heterocycles. The summed E-state index contributed by atoms with van der Waals surface area (Å²) in [7, 11) is 3.20. The highest BCUT2D eigenvalue weighted by molar-refractivity contribution is 5.78. The molecule has 1 aliphatic rings. The third-order valence-electron chi connectivity index (χ3n) is 3.86. The van der Waals surface area contributed by atoms with Crippen molar-refractivity contribution in [2.45, 2.75) is 13.1 Å². The molecule has 2 aromatic rings. The van der Waals surface area contributed by atoms with Gasteiger partial charge in [-0.05, 0) is 23.8 Å². The number of carbonyl (C=O) groups excluding carboxylic acids is 1. The summed E-state index contributed by atoms with van der Waals surface area (Å²) in [6, 6.07) is 13.4. The minimum absolute atomic E-state index is 0.0315. The largest absolute Gasteiger partial charge is 0.493 e. The van der Waals surface area contributed by atoms with Gasteiger partial charge >= 0.3 is 0 Å². The molecule has 5 heteroatoms. The fraction of sp³-hybridized carbons (Fsp3) is 0.278. The molecule has 1 heterocycles. The normalized spacial score (nSPS) is 13.8. The molecule has 0 saturated carbocycles. The fourth-order valence-corrected chi connectivity index (χ4v) is 2.64. The first-order valence-corrected chi connectivity index (χ1v) is 7.40. The van der Waals surface area contributed by atoms with Crippen LogP contribution in [0.15, 0.2) is 42.5 Å². The molecule has 0 N–H and O–H groups in total. The summed E-state index contributed by atoms with van der Waals surface area (Å²) in [5.74, 6) is 2.07. The summed E-state index contributed by atoms with van der Waals surface area (Å²) < 4.78 is 16.1. The topological polar surface area (TPSA) is 48.0 Å². The van der Waals surface area contributed by atoms with Gasteiger partial charge < -0.3 is 19.1 Å². The standard InChI is InChI=1S/C18H19NO4/c1-21-16-8-7-13(9-17(16)22-2)10-19-11-14-5-3-4-6-15(14)23-12-18(19)20/h3-9H,10-12H2,1-2H3. The van der Waals surface area contributed by atoms with Gasteiger partial charge in [-0.2, -0.15) is 0 Å². The van der Waals surface area contributed by atoms with Crippen molar-refractivity contribution >= 4 is 5.91 Å². The van der Waals surface area contributed by atoms with E-state index in [0.717, 1.165) is 16.9 Å². The predicted molar refractivity (Wildman–Crippen MR) is 85.7 cm³/mol. The number of carbonyl (C=O) groups is 1. The molecule has 0 spiro atoms. The Morgan fingerprint density at radius 3 is 2.65 bits per heavy atom. The number of nitrogens with zero attached hydrogens (tertiary/aromatic N) is 1. The zero-order valence-corrected chi connectivity index (χ0v) is 13.2. The molecule has 1 amide bonds. The molecule has 5 nitrogen and oxygen atoms in total. The van der Waals surface area contributed by atoms with Crippen molar-refractivity contribution in [1.82, 2.24) is 4.90 Å². The monoisotopic (exact) mass is 313 g/mol. The molecule has 0 radical (unpaired) electrons. The number of benzene rings is 2. The van der Waals surface area contributed by atoms with Crippen LogP contribution in [0.1, 0.15) is 11.1 Å².